The van der Waals surface area contributed by atoms with E-state index in [9.17, 15) is 14.7 Å². The number of benzene rings is 2. The zero-order chi connectivity index (χ0) is 14.4. The zero-order valence-electron chi connectivity index (χ0n) is 11.1. The van der Waals surface area contributed by atoms with E-state index in [2.05, 4.69) is 0 Å². The number of methoxy groups -OCH3 is 1. The van der Waals surface area contributed by atoms with E-state index in [1.165, 1.54) is 13.2 Å². The Balaban J connectivity index is 2.30. The third-order valence-electron chi connectivity index (χ3n) is 3.45. The molecule has 3 rings (SSSR count). The number of hydrogen-bond donors (Lipinski definition) is 1. The molecule has 0 aliphatic heterocycles. The normalized spacial score (nSPS) is 12.9. The molecule has 0 unspecified atom stereocenters. The van der Waals surface area contributed by atoms with Crippen molar-refractivity contribution in [1.82, 2.24) is 0 Å². The van der Waals surface area contributed by atoms with Crippen molar-refractivity contribution in [3.8, 4) is 11.5 Å². The van der Waals surface area contributed by atoms with Gasteiger partial charge in [0.05, 0.1) is 12.7 Å². The molecule has 100 valence electrons. The second kappa shape index (κ2) is 4.20. The lowest BCUT2D eigenvalue weighted by atomic mass is 9.83. The highest BCUT2D eigenvalue weighted by atomic mass is 16.5. The van der Waals surface area contributed by atoms with Crippen molar-refractivity contribution in [3.63, 3.8) is 0 Å². The molecule has 1 aliphatic rings. The number of aromatic hydroxyl groups is 1. The first-order chi connectivity index (χ1) is 9.52. The fourth-order valence-corrected chi connectivity index (χ4v) is 2.50. The van der Waals surface area contributed by atoms with E-state index < -0.39 is 0 Å². The van der Waals surface area contributed by atoms with Crippen LogP contribution in [0.25, 0.3) is 0 Å². The Morgan fingerprint density at radius 3 is 2.40 bits per heavy atom. The molecule has 4 nitrogen and oxygen atoms in total. The van der Waals surface area contributed by atoms with Crippen LogP contribution in [-0.2, 0) is 0 Å². The van der Waals surface area contributed by atoms with Crippen molar-refractivity contribution in [2.24, 2.45) is 0 Å². The standard InChI is InChI=1S/C16H12O4/c1-8-5-12-14(13(17)6-8)16(19)10-4-3-9(20-2)7-11(10)15(12)18/h3-7,17H,1-2H3. The molecule has 1 N–H and O–H groups in total. The molecule has 1 aliphatic carbocycles. The molecule has 0 heterocycles. The van der Waals surface area contributed by atoms with Gasteiger partial charge in [0.15, 0.2) is 11.6 Å². The summed E-state index contributed by atoms with van der Waals surface area (Å²) in [5.41, 5.74) is 1.66. The minimum absolute atomic E-state index is 0.0817. The summed E-state index contributed by atoms with van der Waals surface area (Å²) in [4.78, 5) is 24.9. The molecule has 0 aromatic heterocycles. The van der Waals surface area contributed by atoms with Crippen molar-refractivity contribution >= 4 is 11.6 Å². The molecule has 0 amide bonds. The first-order valence-electron chi connectivity index (χ1n) is 6.14. The highest BCUT2D eigenvalue weighted by Gasteiger charge is 2.32. The number of rotatable bonds is 1. The summed E-state index contributed by atoms with van der Waals surface area (Å²) in [5, 5.41) is 9.95. The first kappa shape index (κ1) is 12.4. The summed E-state index contributed by atoms with van der Waals surface area (Å²) in [7, 11) is 1.50. The number of phenolic OH excluding ortho intramolecular Hbond substituents is 1. The maximum absolute atomic E-state index is 12.5. The number of carbonyl (C=O) groups is 2. The average Bonchev–Trinajstić information content (AvgIpc) is 2.43. The largest absolute Gasteiger partial charge is 0.507 e. The lowest BCUT2D eigenvalue weighted by molar-refractivity contribution is 0.0976. The van der Waals surface area contributed by atoms with Crippen LogP contribution in [0.4, 0.5) is 0 Å². The summed E-state index contributed by atoms with van der Waals surface area (Å²) in [6.07, 6.45) is 0. The van der Waals surface area contributed by atoms with E-state index in [1.54, 1.807) is 31.2 Å². The monoisotopic (exact) mass is 268 g/mol. The minimum atomic E-state index is -0.338. The Bertz CT molecular complexity index is 759. The molecular weight excluding hydrogens is 256 g/mol. The maximum Gasteiger partial charge on any atom is 0.198 e. The number of ketones is 2. The lowest BCUT2D eigenvalue weighted by Crippen LogP contribution is -2.21. The topological polar surface area (TPSA) is 63.6 Å². The third-order valence-corrected chi connectivity index (χ3v) is 3.45. The number of ether oxygens (including phenoxy) is 1. The lowest BCUT2D eigenvalue weighted by Gasteiger charge is -2.19. The van der Waals surface area contributed by atoms with Crippen LogP contribution in [0.5, 0.6) is 11.5 Å². The SMILES string of the molecule is COc1ccc2c(c1)C(=O)c1cc(C)cc(O)c1C2=O. The van der Waals surface area contributed by atoms with Crippen LogP contribution < -0.4 is 4.74 Å². The fourth-order valence-electron chi connectivity index (χ4n) is 2.50. The summed E-state index contributed by atoms with van der Waals surface area (Å²) < 4.78 is 5.09. The van der Waals surface area contributed by atoms with Gasteiger partial charge >= 0.3 is 0 Å². The van der Waals surface area contributed by atoms with E-state index in [0.717, 1.165) is 5.56 Å². The maximum atomic E-state index is 12.5. The van der Waals surface area contributed by atoms with Crippen molar-refractivity contribution < 1.29 is 19.4 Å². The molecule has 0 radical (unpaired) electrons. The van der Waals surface area contributed by atoms with Gasteiger partial charge in [-0.15, -0.1) is 0 Å². The Morgan fingerprint density at radius 1 is 0.950 bits per heavy atom. The molecule has 0 atom stereocenters. The molecular formula is C16H12O4. The number of carbonyl (C=O) groups excluding carboxylic acids is 2. The summed E-state index contributed by atoms with van der Waals surface area (Å²) in [6.45, 7) is 1.76. The molecule has 0 saturated heterocycles. The van der Waals surface area contributed by atoms with Crippen molar-refractivity contribution in [3.05, 3.63) is 58.1 Å². The van der Waals surface area contributed by atoms with Gasteiger partial charge < -0.3 is 9.84 Å². The van der Waals surface area contributed by atoms with Gasteiger partial charge in [-0.25, -0.2) is 0 Å². The van der Waals surface area contributed by atoms with Gasteiger partial charge in [0, 0.05) is 16.7 Å². The van der Waals surface area contributed by atoms with E-state index in [1.807, 2.05) is 0 Å². The van der Waals surface area contributed by atoms with Crippen molar-refractivity contribution in [2.75, 3.05) is 7.11 Å². The van der Waals surface area contributed by atoms with Gasteiger partial charge in [0.1, 0.15) is 11.5 Å². The van der Waals surface area contributed by atoms with Gasteiger partial charge in [-0.05, 0) is 42.8 Å². The average molecular weight is 268 g/mol. The molecule has 20 heavy (non-hydrogen) atoms. The predicted molar refractivity (Wildman–Crippen MR) is 72.7 cm³/mol. The number of fused-ring (bicyclic) bond motifs is 2. The van der Waals surface area contributed by atoms with E-state index >= 15 is 0 Å². The number of aryl methyl sites for hydroxylation is 1. The van der Waals surface area contributed by atoms with Crippen LogP contribution in [0.3, 0.4) is 0 Å². The van der Waals surface area contributed by atoms with Gasteiger partial charge in [0.25, 0.3) is 0 Å². The highest BCUT2D eigenvalue weighted by Crippen LogP contribution is 2.34. The van der Waals surface area contributed by atoms with Gasteiger partial charge in [0.2, 0.25) is 0 Å². The van der Waals surface area contributed by atoms with Crippen LogP contribution in [-0.4, -0.2) is 23.8 Å². The number of phenols is 1. The molecule has 4 heteroatoms. The number of hydrogen-bond acceptors (Lipinski definition) is 4. The molecule has 2 aromatic rings. The van der Waals surface area contributed by atoms with Crippen LogP contribution in [0, 0.1) is 6.92 Å². The zero-order valence-corrected chi connectivity index (χ0v) is 11.1. The Kier molecular flexibility index (Phi) is 2.61. The van der Waals surface area contributed by atoms with Crippen LogP contribution >= 0.6 is 0 Å². The summed E-state index contributed by atoms with van der Waals surface area (Å²) in [5.74, 6) is -0.243. The third kappa shape index (κ3) is 1.61. The van der Waals surface area contributed by atoms with Crippen LogP contribution in [0.1, 0.15) is 37.4 Å². The van der Waals surface area contributed by atoms with E-state index in [4.69, 9.17) is 4.74 Å². The minimum Gasteiger partial charge on any atom is -0.507 e. The summed E-state index contributed by atoms with van der Waals surface area (Å²) in [6, 6.07) is 7.84. The van der Waals surface area contributed by atoms with Crippen LogP contribution in [0.15, 0.2) is 30.3 Å². The first-order valence-corrected chi connectivity index (χ1v) is 6.14. The Labute approximate surface area is 115 Å². The van der Waals surface area contributed by atoms with Crippen molar-refractivity contribution in [2.45, 2.75) is 6.92 Å². The van der Waals surface area contributed by atoms with E-state index in [-0.39, 0.29) is 28.4 Å². The molecule has 0 bridgehead atoms. The molecule has 0 spiro atoms. The molecule has 0 saturated carbocycles. The Morgan fingerprint density at radius 2 is 1.70 bits per heavy atom. The Hall–Kier alpha value is -2.62. The van der Waals surface area contributed by atoms with Crippen molar-refractivity contribution in [1.29, 1.82) is 0 Å². The fraction of sp³-hybridized carbons (Fsp3) is 0.125. The smallest absolute Gasteiger partial charge is 0.198 e. The van der Waals surface area contributed by atoms with Gasteiger partial charge in [-0.2, -0.15) is 0 Å². The van der Waals surface area contributed by atoms with Crippen LogP contribution in [0.2, 0.25) is 0 Å². The second-order valence-corrected chi connectivity index (χ2v) is 4.78. The second-order valence-electron chi connectivity index (χ2n) is 4.78. The highest BCUT2D eigenvalue weighted by molar-refractivity contribution is 6.29. The van der Waals surface area contributed by atoms with E-state index in [0.29, 0.717) is 16.9 Å². The van der Waals surface area contributed by atoms with Gasteiger partial charge in [-0.1, -0.05) is 0 Å². The molecule has 2 aromatic carbocycles. The van der Waals surface area contributed by atoms with Gasteiger partial charge in [-0.3, -0.25) is 9.59 Å². The summed E-state index contributed by atoms with van der Waals surface area (Å²) >= 11 is 0. The molecule has 0 fully saturated rings. The quantitative estimate of drug-likeness (QED) is 0.736. The predicted octanol–water partition coefficient (Wildman–Crippen LogP) is 2.48.